The second-order valence-electron chi connectivity index (χ2n) is 5.26. The van der Waals surface area contributed by atoms with Crippen molar-refractivity contribution in [3.05, 3.63) is 27.1 Å². The highest BCUT2D eigenvalue weighted by Gasteiger charge is 2.34. The van der Waals surface area contributed by atoms with Crippen LogP contribution >= 0.6 is 27.7 Å². The number of halogens is 1. The van der Waals surface area contributed by atoms with Gasteiger partial charge in [-0.2, -0.15) is 0 Å². The maximum Gasteiger partial charge on any atom is 0.341 e. The molecule has 2 amide bonds. The molecule has 1 aliphatic heterocycles. The Morgan fingerprint density at radius 2 is 2.00 bits per heavy atom. The summed E-state index contributed by atoms with van der Waals surface area (Å²) in [5.74, 6) is -0.899. The number of carbonyl (C=O) groups excluding carboxylic acids is 2. The van der Waals surface area contributed by atoms with Gasteiger partial charge in [0.25, 0.3) is 11.1 Å². The summed E-state index contributed by atoms with van der Waals surface area (Å²) < 4.78 is 16.2. The number of benzene rings is 1. The van der Waals surface area contributed by atoms with E-state index >= 15 is 0 Å². The smallest absolute Gasteiger partial charge is 0.341 e. The number of rotatable bonds is 9. The van der Waals surface area contributed by atoms with Gasteiger partial charge in [0.05, 0.1) is 24.7 Å². The molecule has 1 saturated heterocycles. The second kappa shape index (κ2) is 9.77. The molecule has 0 saturated carbocycles. The highest BCUT2D eigenvalue weighted by atomic mass is 79.9. The molecular weight excluding hydrogens is 442 g/mol. The molecule has 1 fully saturated rings. The molecule has 0 unspecified atom stereocenters. The quantitative estimate of drug-likeness (QED) is 0.562. The number of methoxy groups -OCH3 is 1. The van der Waals surface area contributed by atoms with E-state index in [1.54, 1.807) is 25.1 Å². The average molecular weight is 460 g/mol. The summed E-state index contributed by atoms with van der Waals surface area (Å²) in [4.78, 5) is 36.6. The molecule has 10 heteroatoms. The molecule has 0 radical (unpaired) electrons. The predicted octanol–water partition coefficient (Wildman–Crippen LogP) is 2.99. The molecule has 8 nitrogen and oxygen atoms in total. The SMILES string of the molecule is CCOc1cc(/C=C2/SC(=O)N(CCOC)C2=O)c(Br)cc1OCC(=O)O. The maximum atomic E-state index is 12.4. The van der Waals surface area contributed by atoms with E-state index in [1.165, 1.54) is 7.11 Å². The van der Waals surface area contributed by atoms with Crippen LogP contribution in [0.15, 0.2) is 21.5 Å². The van der Waals surface area contributed by atoms with Crippen molar-refractivity contribution in [3.63, 3.8) is 0 Å². The number of carbonyl (C=O) groups is 3. The summed E-state index contributed by atoms with van der Waals surface area (Å²) in [6.07, 6.45) is 1.57. The minimum atomic E-state index is -1.11. The first-order valence-electron chi connectivity index (χ1n) is 7.92. The largest absolute Gasteiger partial charge is 0.490 e. The molecular formula is C17H18BrNO7S. The Balaban J connectivity index is 2.31. The fourth-order valence-electron chi connectivity index (χ4n) is 2.20. The summed E-state index contributed by atoms with van der Waals surface area (Å²) in [6, 6.07) is 3.18. The van der Waals surface area contributed by atoms with Crippen molar-refractivity contribution in [1.82, 2.24) is 4.90 Å². The van der Waals surface area contributed by atoms with Crippen molar-refractivity contribution in [2.24, 2.45) is 0 Å². The number of carboxylic acid groups (broad SMARTS) is 1. The van der Waals surface area contributed by atoms with Gasteiger partial charge in [-0.3, -0.25) is 14.5 Å². The van der Waals surface area contributed by atoms with Crippen LogP contribution in [-0.4, -0.2) is 60.6 Å². The Hall–Kier alpha value is -2.04. The lowest BCUT2D eigenvalue weighted by molar-refractivity contribution is -0.139. The van der Waals surface area contributed by atoms with Gasteiger partial charge in [-0.05, 0) is 42.5 Å². The van der Waals surface area contributed by atoms with E-state index in [4.69, 9.17) is 19.3 Å². The lowest BCUT2D eigenvalue weighted by Gasteiger charge is -2.13. The number of ether oxygens (including phenoxy) is 3. The highest BCUT2D eigenvalue weighted by Crippen LogP contribution is 2.38. The van der Waals surface area contributed by atoms with E-state index < -0.39 is 18.5 Å². The fraction of sp³-hybridized carbons (Fsp3) is 0.353. The Labute approximate surface area is 168 Å². The van der Waals surface area contributed by atoms with Gasteiger partial charge in [0, 0.05) is 11.6 Å². The van der Waals surface area contributed by atoms with Crippen molar-refractivity contribution in [2.75, 3.05) is 33.5 Å². The minimum Gasteiger partial charge on any atom is -0.490 e. The number of imide groups is 1. The zero-order chi connectivity index (χ0) is 20.0. The Bertz CT molecular complexity index is 781. The Kier molecular flexibility index (Phi) is 7.69. The molecule has 1 aliphatic rings. The van der Waals surface area contributed by atoms with Crippen LogP contribution in [0.25, 0.3) is 6.08 Å². The average Bonchev–Trinajstić information content (AvgIpc) is 2.88. The Morgan fingerprint density at radius 1 is 1.30 bits per heavy atom. The molecule has 146 valence electrons. The van der Waals surface area contributed by atoms with E-state index in [0.29, 0.717) is 22.4 Å². The van der Waals surface area contributed by atoms with Gasteiger partial charge < -0.3 is 19.3 Å². The van der Waals surface area contributed by atoms with E-state index in [2.05, 4.69) is 15.9 Å². The van der Waals surface area contributed by atoms with E-state index in [9.17, 15) is 14.4 Å². The first kappa shape index (κ1) is 21.3. The van der Waals surface area contributed by atoms with Crippen molar-refractivity contribution < 1.29 is 33.7 Å². The first-order valence-corrected chi connectivity index (χ1v) is 9.53. The van der Waals surface area contributed by atoms with Crippen molar-refractivity contribution in [2.45, 2.75) is 6.92 Å². The molecule has 1 aromatic carbocycles. The summed E-state index contributed by atoms with van der Waals surface area (Å²) in [6.45, 7) is 2.07. The zero-order valence-electron chi connectivity index (χ0n) is 14.7. The minimum absolute atomic E-state index is 0.186. The van der Waals surface area contributed by atoms with Crippen LogP contribution in [-0.2, 0) is 14.3 Å². The van der Waals surface area contributed by atoms with Crippen LogP contribution in [0.3, 0.4) is 0 Å². The predicted molar refractivity (Wildman–Crippen MR) is 103 cm³/mol. The third kappa shape index (κ3) is 5.47. The van der Waals surface area contributed by atoms with Crippen molar-refractivity contribution >= 4 is 50.9 Å². The van der Waals surface area contributed by atoms with Crippen LogP contribution in [0.5, 0.6) is 11.5 Å². The highest BCUT2D eigenvalue weighted by molar-refractivity contribution is 9.10. The molecule has 1 heterocycles. The first-order chi connectivity index (χ1) is 12.9. The number of amides is 2. The van der Waals surface area contributed by atoms with E-state index in [1.807, 2.05) is 0 Å². The van der Waals surface area contributed by atoms with Gasteiger partial charge in [0.15, 0.2) is 18.1 Å². The van der Waals surface area contributed by atoms with Crippen molar-refractivity contribution in [1.29, 1.82) is 0 Å². The molecule has 1 N–H and O–H groups in total. The third-order valence-corrected chi connectivity index (χ3v) is 4.99. The number of nitrogens with zero attached hydrogens (tertiary/aromatic N) is 1. The van der Waals surface area contributed by atoms with Crippen LogP contribution in [0.4, 0.5) is 4.79 Å². The van der Waals surface area contributed by atoms with Crippen molar-refractivity contribution in [3.8, 4) is 11.5 Å². The molecule has 0 aliphatic carbocycles. The van der Waals surface area contributed by atoms with Crippen LogP contribution in [0, 0.1) is 0 Å². The summed E-state index contributed by atoms with van der Waals surface area (Å²) in [5, 5.41) is 8.42. The molecule has 1 aromatic rings. The van der Waals surface area contributed by atoms with Gasteiger partial charge in [0.1, 0.15) is 0 Å². The van der Waals surface area contributed by atoms with Gasteiger partial charge in [-0.25, -0.2) is 4.79 Å². The van der Waals surface area contributed by atoms with Gasteiger partial charge in [-0.15, -0.1) is 0 Å². The van der Waals surface area contributed by atoms with Crippen LogP contribution < -0.4 is 9.47 Å². The van der Waals surface area contributed by atoms with Gasteiger partial charge in [0.2, 0.25) is 0 Å². The standard InChI is InChI=1S/C17H18BrNO7S/c1-3-25-12-6-10(11(18)8-13(12)26-9-15(20)21)7-14-16(22)19(4-5-24-2)17(23)27-14/h6-8H,3-5,9H2,1-2H3,(H,20,21)/b14-7+. The third-order valence-electron chi connectivity index (χ3n) is 3.39. The molecule has 0 spiro atoms. The summed E-state index contributed by atoms with van der Waals surface area (Å²) >= 11 is 4.22. The number of hydrogen-bond donors (Lipinski definition) is 1. The van der Waals surface area contributed by atoms with Gasteiger partial charge in [-0.1, -0.05) is 15.9 Å². The maximum absolute atomic E-state index is 12.4. The summed E-state index contributed by atoms with van der Waals surface area (Å²) in [7, 11) is 1.50. The second-order valence-corrected chi connectivity index (χ2v) is 7.11. The fourth-order valence-corrected chi connectivity index (χ4v) is 3.49. The van der Waals surface area contributed by atoms with Gasteiger partial charge >= 0.3 is 5.97 Å². The number of hydrogen-bond acceptors (Lipinski definition) is 7. The summed E-state index contributed by atoms with van der Waals surface area (Å²) in [5.41, 5.74) is 0.596. The molecule has 0 atom stereocenters. The van der Waals surface area contributed by atoms with Crippen LogP contribution in [0.1, 0.15) is 12.5 Å². The Morgan fingerprint density at radius 3 is 2.63 bits per heavy atom. The number of thioether (sulfide) groups is 1. The van der Waals surface area contributed by atoms with Crippen LogP contribution in [0.2, 0.25) is 0 Å². The lowest BCUT2D eigenvalue weighted by Crippen LogP contribution is -2.31. The molecule has 27 heavy (non-hydrogen) atoms. The zero-order valence-corrected chi connectivity index (χ0v) is 17.1. The lowest BCUT2D eigenvalue weighted by atomic mass is 10.2. The molecule has 0 aromatic heterocycles. The van der Waals surface area contributed by atoms with E-state index in [0.717, 1.165) is 16.7 Å². The number of carboxylic acids is 1. The molecule has 2 rings (SSSR count). The monoisotopic (exact) mass is 459 g/mol. The molecule has 0 bridgehead atoms. The van der Waals surface area contributed by atoms with E-state index in [-0.39, 0.29) is 29.0 Å². The number of aliphatic carboxylic acids is 1. The normalized spacial score (nSPS) is 15.5. The topological polar surface area (TPSA) is 102 Å².